The van der Waals surface area contributed by atoms with Crippen LogP contribution in [-0.2, 0) is 22.4 Å². The highest BCUT2D eigenvalue weighted by atomic mass is 32.1. The van der Waals surface area contributed by atoms with Crippen LogP contribution >= 0.6 is 11.3 Å². The SMILES string of the molecule is CC(=O)Nc1sc2c(c1[C@@H](c1ccc3c(c1)OCO3)N1CCOCC1)CCCC2. The highest BCUT2D eigenvalue weighted by Crippen LogP contribution is 2.47. The van der Waals surface area contributed by atoms with Crippen LogP contribution in [0.15, 0.2) is 18.2 Å². The molecule has 1 fully saturated rings. The molecule has 1 aromatic carbocycles. The standard InChI is InChI=1S/C22H26N2O4S/c1-14(25)23-22-20(16-4-2-3-5-19(16)29-22)21(24-8-10-26-11-9-24)15-6-7-17-18(12-15)28-13-27-17/h6-7,12,21H,2-5,8-11,13H2,1H3,(H,23,25)/t21-/m1/s1. The number of ether oxygens (including phenoxy) is 3. The lowest BCUT2D eigenvalue weighted by Crippen LogP contribution is -2.40. The zero-order chi connectivity index (χ0) is 19.8. The van der Waals surface area contributed by atoms with Crippen LogP contribution in [0, 0.1) is 0 Å². The van der Waals surface area contributed by atoms with E-state index >= 15 is 0 Å². The van der Waals surface area contributed by atoms with Gasteiger partial charge in [-0.2, -0.15) is 0 Å². The maximum Gasteiger partial charge on any atom is 0.231 e. The van der Waals surface area contributed by atoms with Crippen LogP contribution in [0.4, 0.5) is 5.00 Å². The van der Waals surface area contributed by atoms with E-state index < -0.39 is 0 Å². The van der Waals surface area contributed by atoms with E-state index in [0.29, 0.717) is 0 Å². The third kappa shape index (κ3) is 3.63. The molecule has 0 unspecified atom stereocenters. The number of anilines is 1. The van der Waals surface area contributed by atoms with E-state index in [1.807, 2.05) is 6.07 Å². The maximum absolute atomic E-state index is 12.0. The quantitative estimate of drug-likeness (QED) is 0.826. The molecule has 2 aromatic rings. The molecule has 6 nitrogen and oxygen atoms in total. The smallest absolute Gasteiger partial charge is 0.231 e. The third-order valence-corrected chi connectivity index (χ3v) is 7.12. The number of benzene rings is 1. The molecule has 0 saturated carbocycles. The van der Waals surface area contributed by atoms with Crippen LogP contribution in [-0.4, -0.2) is 43.9 Å². The molecular formula is C22H26N2O4S. The number of fused-ring (bicyclic) bond motifs is 2. The van der Waals surface area contributed by atoms with Gasteiger partial charge in [-0.05, 0) is 48.9 Å². The van der Waals surface area contributed by atoms with Crippen molar-refractivity contribution in [2.45, 2.75) is 38.6 Å². The zero-order valence-corrected chi connectivity index (χ0v) is 17.5. The molecule has 1 N–H and O–H groups in total. The topological polar surface area (TPSA) is 60.0 Å². The Labute approximate surface area is 174 Å². The Balaban J connectivity index is 1.64. The lowest BCUT2D eigenvalue weighted by atomic mass is 9.88. The Morgan fingerprint density at radius 3 is 2.76 bits per heavy atom. The normalized spacial score (nSPS) is 19.6. The number of rotatable bonds is 4. The van der Waals surface area contributed by atoms with Crippen LogP contribution in [0.3, 0.4) is 0 Å². The maximum atomic E-state index is 12.0. The van der Waals surface area contributed by atoms with Gasteiger partial charge in [-0.25, -0.2) is 0 Å². The molecule has 29 heavy (non-hydrogen) atoms. The lowest BCUT2D eigenvalue weighted by molar-refractivity contribution is -0.114. The van der Waals surface area contributed by atoms with E-state index in [2.05, 4.69) is 22.3 Å². The van der Waals surface area contributed by atoms with Crippen LogP contribution in [0.1, 0.15) is 47.4 Å². The summed E-state index contributed by atoms with van der Waals surface area (Å²) in [7, 11) is 0. The van der Waals surface area contributed by atoms with E-state index in [9.17, 15) is 4.79 Å². The average Bonchev–Trinajstić information content (AvgIpc) is 3.33. The van der Waals surface area contributed by atoms with Gasteiger partial charge in [0.1, 0.15) is 5.00 Å². The summed E-state index contributed by atoms with van der Waals surface area (Å²) in [6.07, 6.45) is 4.60. The summed E-state index contributed by atoms with van der Waals surface area (Å²) in [6, 6.07) is 6.31. The second-order valence-corrected chi connectivity index (χ2v) is 8.90. The largest absolute Gasteiger partial charge is 0.454 e. The fourth-order valence-corrected chi connectivity index (χ4v) is 5.98. The Morgan fingerprint density at radius 2 is 1.93 bits per heavy atom. The van der Waals surface area contributed by atoms with E-state index in [1.165, 1.54) is 34.4 Å². The predicted octanol–water partition coefficient (Wildman–Crippen LogP) is 3.74. The van der Waals surface area contributed by atoms with Gasteiger partial charge >= 0.3 is 0 Å². The summed E-state index contributed by atoms with van der Waals surface area (Å²) in [6.45, 7) is 5.04. The Hall–Kier alpha value is -2.09. The first kappa shape index (κ1) is 18.9. The summed E-state index contributed by atoms with van der Waals surface area (Å²) >= 11 is 1.76. The molecular weight excluding hydrogens is 388 g/mol. The van der Waals surface area contributed by atoms with Gasteiger partial charge in [0.15, 0.2) is 11.5 Å². The van der Waals surface area contributed by atoms with Crippen molar-refractivity contribution < 1.29 is 19.0 Å². The molecule has 1 atom stereocenters. The molecule has 7 heteroatoms. The summed E-state index contributed by atoms with van der Waals surface area (Å²) in [5, 5.41) is 4.14. The van der Waals surface area contributed by atoms with E-state index in [-0.39, 0.29) is 18.7 Å². The zero-order valence-electron chi connectivity index (χ0n) is 16.7. The molecule has 1 aliphatic carbocycles. The first-order chi connectivity index (χ1) is 14.2. The van der Waals surface area contributed by atoms with Crippen molar-refractivity contribution in [3.8, 4) is 11.5 Å². The van der Waals surface area contributed by atoms with Crippen molar-refractivity contribution in [1.82, 2.24) is 4.90 Å². The third-order valence-electron chi connectivity index (χ3n) is 5.90. The Kier molecular flexibility index (Phi) is 5.20. The molecule has 1 amide bonds. The molecule has 2 aliphatic heterocycles. The molecule has 0 spiro atoms. The van der Waals surface area contributed by atoms with Crippen LogP contribution in [0.2, 0.25) is 0 Å². The second kappa shape index (κ2) is 7.97. The number of nitrogens with zero attached hydrogens (tertiary/aromatic N) is 1. The van der Waals surface area contributed by atoms with Gasteiger partial charge in [-0.1, -0.05) is 6.07 Å². The highest BCUT2D eigenvalue weighted by Gasteiger charge is 2.33. The summed E-state index contributed by atoms with van der Waals surface area (Å²) < 4.78 is 16.8. The van der Waals surface area contributed by atoms with E-state index in [0.717, 1.165) is 55.6 Å². The van der Waals surface area contributed by atoms with Crippen LogP contribution < -0.4 is 14.8 Å². The number of hydrogen-bond donors (Lipinski definition) is 1. The van der Waals surface area contributed by atoms with E-state index in [4.69, 9.17) is 14.2 Å². The summed E-state index contributed by atoms with van der Waals surface area (Å²) in [5.41, 5.74) is 3.87. The number of amides is 1. The number of nitrogens with one attached hydrogen (secondary N) is 1. The average molecular weight is 415 g/mol. The number of thiophene rings is 1. The Morgan fingerprint density at radius 1 is 1.14 bits per heavy atom. The minimum atomic E-state index is -0.0174. The number of morpholine rings is 1. The van der Waals surface area contributed by atoms with Gasteiger partial charge in [0.25, 0.3) is 0 Å². The molecule has 1 saturated heterocycles. The first-order valence-electron chi connectivity index (χ1n) is 10.3. The number of carbonyl (C=O) groups is 1. The van der Waals surface area contributed by atoms with Crippen molar-refractivity contribution in [2.24, 2.45) is 0 Å². The van der Waals surface area contributed by atoms with Crippen molar-refractivity contribution in [3.63, 3.8) is 0 Å². The molecule has 5 rings (SSSR count). The fraction of sp³-hybridized carbons (Fsp3) is 0.500. The molecule has 0 radical (unpaired) electrons. The Bertz CT molecular complexity index is 920. The predicted molar refractivity (Wildman–Crippen MR) is 112 cm³/mol. The summed E-state index contributed by atoms with van der Waals surface area (Å²) in [4.78, 5) is 15.9. The second-order valence-electron chi connectivity index (χ2n) is 7.80. The van der Waals surface area contributed by atoms with Gasteiger partial charge in [0, 0.05) is 30.5 Å². The van der Waals surface area contributed by atoms with Crippen LogP contribution in [0.25, 0.3) is 0 Å². The van der Waals surface area contributed by atoms with Crippen LogP contribution in [0.5, 0.6) is 11.5 Å². The number of aryl methyl sites for hydroxylation is 1. The van der Waals surface area contributed by atoms with E-state index in [1.54, 1.807) is 18.3 Å². The van der Waals surface area contributed by atoms with Crippen molar-refractivity contribution >= 4 is 22.2 Å². The van der Waals surface area contributed by atoms with Crippen molar-refractivity contribution in [3.05, 3.63) is 39.8 Å². The minimum Gasteiger partial charge on any atom is -0.454 e. The monoisotopic (exact) mass is 414 g/mol. The minimum absolute atomic E-state index is 0.0174. The van der Waals surface area contributed by atoms with Gasteiger partial charge in [-0.3, -0.25) is 9.69 Å². The van der Waals surface area contributed by atoms with Gasteiger partial charge in [0.05, 0.1) is 19.3 Å². The van der Waals surface area contributed by atoms with Gasteiger partial charge in [-0.15, -0.1) is 11.3 Å². The summed E-state index contributed by atoms with van der Waals surface area (Å²) in [5.74, 6) is 1.58. The molecule has 0 bridgehead atoms. The van der Waals surface area contributed by atoms with Crippen molar-refractivity contribution in [1.29, 1.82) is 0 Å². The van der Waals surface area contributed by atoms with Crippen molar-refractivity contribution in [2.75, 3.05) is 38.4 Å². The lowest BCUT2D eigenvalue weighted by Gasteiger charge is -2.36. The fourth-order valence-electron chi connectivity index (χ4n) is 4.61. The number of carbonyl (C=O) groups excluding carboxylic acids is 1. The molecule has 154 valence electrons. The van der Waals surface area contributed by atoms with Gasteiger partial charge < -0.3 is 19.5 Å². The van der Waals surface area contributed by atoms with Gasteiger partial charge in [0.2, 0.25) is 12.7 Å². The number of hydrogen-bond acceptors (Lipinski definition) is 6. The highest BCUT2D eigenvalue weighted by molar-refractivity contribution is 7.16. The molecule has 1 aromatic heterocycles. The molecule has 3 aliphatic rings. The molecule has 3 heterocycles. The first-order valence-corrected chi connectivity index (χ1v) is 11.2.